The van der Waals surface area contributed by atoms with E-state index in [4.69, 9.17) is 4.74 Å². The zero-order chi connectivity index (χ0) is 24.0. The average Bonchev–Trinajstić information content (AvgIpc) is 2.79. The second kappa shape index (κ2) is 11.3. The molecular formula is C27H35FN2O3. The number of carbonyl (C=O) groups is 2. The first-order valence-electron chi connectivity index (χ1n) is 12.0. The SMILES string of the molecule is CCCNC(=O)[C@@H](CC)Oc1ccc2c(c1)[C@H](c1cccc(F)c1)N(C(=O)CC(C)C)CC2. The lowest BCUT2D eigenvalue weighted by molar-refractivity contribution is -0.134. The Hall–Kier alpha value is -2.89. The van der Waals surface area contributed by atoms with Crippen molar-refractivity contribution in [3.8, 4) is 5.75 Å². The summed E-state index contributed by atoms with van der Waals surface area (Å²) in [6, 6.07) is 11.8. The molecule has 3 rings (SSSR count). The first kappa shape index (κ1) is 24.7. The fourth-order valence-electron chi connectivity index (χ4n) is 4.29. The van der Waals surface area contributed by atoms with Gasteiger partial charge in [0.2, 0.25) is 5.91 Å². The number of amides is 2. The van der Waals surface area contributed by atoms with E-state index in [-0.39, 0.29) is 23.5 Å². The lowest BCUT2D eigenvalue weighted by Crippen LogP contribution is -2.41. The smallest absolute Gasteiger partial charge is 0.261 e. The first-order chi connectivity index (χ1) is 15.8. The summed E-state index contributed by atoms with van der Waals surface area (Å²) in [4.78, 5) is 27.4. The third-order valence-corrected chi connectivity index (χ3v) is 5.90. The predicted molar refractivity (Wildman–Crippen MR) is 128 cm³/mol. The molecule has 0 fully saturated rings. The van der Waals surface area contributed by atoms with Crippen molar-refractivity contribution in [2.24, 2.45) is 5.92 Å². The molecule has 0 aliphatic carbocycles. The Morgan fingerprint density at radius 1 is 1.18 bits per heavy atom. The summed E-state index contributed by atoms with van der Waals surface area (Å²) in [6.07, 6.45) is 1.96. The van der Waals surface area contributed by atoms with Crippen molar-refractivity contribution >= 4 is 11.8 Å². The van der Waals surface area contributed by atoms with Crippen molar-refractivity contribution in [2.45, 2.75) is 65.5 Å². The van der Waals surface area contributed by atoms with Crippen LogP contribution < -0.4 is 10.1 Å². The summed E-state index contributed by atoms with van der Waals surface area (Å²) in [5, 5.41) is 2.89. The maximum Gasteiger partial charge on any atom is 0.261 e. The van der Waals surface area contributed by atoms with Crippen molar-refractivity contribution in [3.63, 3.8) is 0 Å². The van der Waals surface area contributed by atoms with Gasteiger partial charge in [-0.1, -0.05) is 45.9 Å². The second-order valence-corrected chi connectivity index (χ2v) is 9.06. The number of benzene rings is 2. The number of nitrogens with one attached hydrogen (secondary N) is 1. The normalized spacial score (nSPS) is 16.3. The largest absolute Gasteiger partial charge is 0.481 e. The van der Waals surface area contributed by atoms with Gasteiger partial charge in [0.15, 0.2) is 6.10 Å². The zero-order valence-corrected chi connectivity index (χ0v) is 20.1. The lowest BCUT2D eigenvalue weighted by atomic mass is 9.87. The topological polar surface area (TPSA) is 58.6 Å². The molecule has 178 valence electrons. The van der Waals surface area contributed by atoms with Crippen LogP contribution in [0, 0.1) is 11.7 Å². The van der Waals surface area contributed by atoms with Crippen LogP contribution in [0.3, 0.4) is 0 Å². The highest BCUT2D eigenvalue weighted by Crippen LogP contribution is 2.38. The van der Waals surface area contributed by atoms with Gasteiger partial charge < -0.3 is 15.0 Å². The van der Waals surface area contributed by atoms with Gasteiger partial charge in [0.1, 0.15) is 11.6 Å². The number of hydrogen-bond acceptors (Lipinski definition) is 3. The van der Waals surface area contributed by atoms with Gasteiger partial charge in [-0.05, 0) is 66.1 Å². The van der Waals surface area contributed by atoms with Gasteiger partial charge in [-0.2, -0.15) is 0 Å². The fraction of sp³-hybridized carbons (Fsp3) is 0.481. The van der Waals surface area contributed by atoms with E-state index in [1.807, 2.05) is 56.9 Å². The van der Waals surface area contributed by atoms with Crippen LogP contribution in [0.5, 0.6) is 5.75 Å². The maximum atomic E-state index is 14.2. The van der Waals surface area contributed by atoms with E-state index in [2.05, 4.69) is 5.32 Å². The fourth-order valence-corrected chi connectivity index (χ4v) is 4.29. The molecule has 0 bridgehead atoms. The van der Waals surface area contributed by atoms with E-state index < -0.39 is 12.1 Å². The van der Waals surface area contributed by atoms with Gasteiger partial charge in [-0.3, -0.25) is 9.59 Å². The minimum Gasteiger partial charge on any atom is -0.481 e. The Morgan fingerprint density at radius 2 is 1.97 bits per heavy atom. The third kappa shape index (κ3) is 6.12. The summed E-state index contributed by atoms with van der Waals surface area (Å²) >= 11 is 0. The third-order valence-electron chi connectivity index (χ3n) is 5.90. The number of ether oxygens (including phenoxy) is 1. The van der Waals surface area contributed by atoms with Crippen LogP contribution >= 0.6 is 0 Å². The van der Waals surface area contributed by atoms with Crippen molar-refractivity contribution in [2.75, 3.05) is 13.1 Å². The molecule has 1 aliphatic heterocycles. The summed E-state index contributed by atoms with van der Waals surface area (Å²) in [5.74, 6) is 0.400. The highest BCUT2D eigenvalue weighted by molar-refractivity contribution is 5.81. The molecule has 2 amide bonds. The summed E-state index contributed by atoms with van der Waals surface area (Å²) in [5.41, 5.74) is 2.76. The molecule has 0 radical (unpaired) electrons. The molecule has 2 aromatic carbocycles. The van der Waals surface area contributed by atoms with Crippen LogP contribution in [-0.2, 0) is 16.0 Å². The van der Waals surface area contributed by atoms with Crippen LogP contribution in [0.15, 0.2) is 42.5 Å². The van der Waals surface area contributed by atoms with Crippen molar-refractivity contribution in [1.82, 2.24) is 10.2 Å². The zero-order valence-electron chi connectivity index (χ0n) is 20.1. The van der Waals surface area contributed by atoms with Gasteiger partial charge >= 0.3 is 0 Å². The molecule has 0 unspecified atom stereocenters. The van der Waals surface area contributed by atoms with Gasteiger partial charge in [0, 0.05) is 19.5 Å². The van der Waals surface area contributed by atoms with E-state index in [1.165, 1.54) is 12.1 Å². The van der Waals surface area contributed by atoms with Crippen LogP contribution in [0.2, 0.25) is 0 Å². The van der Waals surface area contributed by atoms with Gasteiger partial charge in [-0.15, -0.1) is 0 Å². The molecule has 0 saturated heterocycles. The average molecular weight is 455 g/mol. The lowest BCUT2D eigenvalue weighted by Gasteiger charge is -2.38. The van der Waals surface area contributed by atoms with E-state index in [9.17, 15) is 14.0 Å². The maximum absolute atomic E-state index is 14.2. The Bertz CT molecular complexity index is 976. The highest BCUT2D eigenvalue weighted by atomic mass is 19.1. The van der Waals surface area contributed by atoms with E-state index in [0.717, 1.165) is 29.5 Å². The molecule has 5 nitrogen and oxygen atoms in total. The molecule has 0 saturated carbocycles. The number of nitrogens with zero attached hydrogens (tertiary/aromatic N) is 1. The number of hydrogen-bond donors (Lipinski definition) is 1. The standard InChI is InChI=1S/C27H35FN2O3/c1-5-13-29-27(32)24(6-2)33-22-11-10-19-12-14-30(25(31)15-18(3)4)26(23(19)17-22)20-8-7-9-21(28)16-20/h7-11,16-18,24,26H,5-6,12-15H2,1-4H3,(H,29,32)/t24-,26+/m1/s1. The second-order valence-electron chi connectivity index (χ2n) is 9.06. The Kier molecular flexibility index (Phi) is 8.48. The van der Waals surface area contributed by atoms with Gasteiger partial charge in [0.05, 0.1) is 6.04 Å². The summed E-state index contributed by atoms with van der Waals surface area (Å²) in [7, 11) is 0. The van der Waals surface area contributed by atoms with Crippen LogP contribution in [0.25, 0.3) is 0 Å². The number of carbonyl (C=O) groups excluding carboxylic acids is 2. The van der Waals surface area contributed by atoms with Gasteiger partial charge in [0.25, 0.3) is 5.91 Å². The summed E-state index contributed by atoms with van der Waals surface area (Å²) in [6.45, 7) is 9.15. The molecule has 0 aromatic heterocycles. The Balaban J connectivity index is 1.97. The molecule has 2 aromatic rings. The van der Waals surface area contributed by atoms with E-state index in [0.29, 0.717) is 31.7 Å². The van der Waals surface area contributed by atoms with Crippen LogP contribution in [0.4, 0.5) is 4.39 Å². The monoisotopic (exact) mass is 454 g/mol. The minimum atomic E-state index is -0.593. The summed E-state index contributed by atoms with van der Waals surface area (Å²) < 4.78 is 20.2. The molecule has 2 atom stereocenters. The predicted octanol–water partition coefficient (Wildman–Crippen LogP) is 5.03. The Morgan fingerprint density at radius 3 is 2.64 bits per heavy atom. The number of fused-ring (bicyclic) bond motifs is 1. The van der Waals surface area contributed by atoms with Crippen molar-refractivity contribution in [3.05, 3.63) is 65.0 Å². The molecule has 1 aliphatic rings. The Labute approximate surface area is 196 Å². The van der Waals surface area contributed by atoms with Crippen molar-refractivity contribution < 1.29 is 18.7 Å². The first-order valence-corrected chi connectivity index (χ1v) is 12.0. The number of halogens is 1. The van der Waals surface area contributed by atoms with Crippen LogP contribution in [0.1, 0.15) is 69.7 Å². The van der Waals surface area contributed by atoms with E-state index >= 15 is 0 Å². The number of rotatable bonds is 9. The molecular weight excluding hydrogens is 419 g/mol. The minimum absolute atomic E-state index is 0.0570. The molecule has 6 heteroatoms. The molecule has 1 heterocycles. The van der Waals surface area contributed by atoms with Crippen molar-refractivity contribution in [1.29, 1.82) is 0 Å². The highest BCUT2D eigenvalue weighted by Gasteiger charge is 2.33. The van der Waals surface area contributed by atoms with E-state index in [1.54, 1.807) is 6.07 Å². The molecule has 33 heavy (non-hydrogen) atoms. The molecule has 0 spiro atoms. The van der Waals surface area contributed by atoms with Gasteiger partial charge in [-0.25, -0.2) is 4.39 Å². The molecule has 1 N–H and O–H groups in total. The van der Waals surface area contributed by atoms with Crippen LogP contribution in [-0.4, -0.2) is 35.9 Å². The quantitative estimate of drug-likeness (QED) is 0.578.